The molecule has 9 heteroatoms. The van der Waals surface area contributed by atoms with E-state index in [9.17, 15) is 31.1 Å². The van der Waals surface area contributed by atoms with Crippen LogP contribution in [0.15, 0.2) is 12.4 Å². The van der Waals surface area contributed by atoms with E-state index < -0.39 is 34.3 Å². The smallest absolute Gasteiger partial charge is 0.276 e. The molecule has 94 valence electrons. The zero-order valence-electron chi connectivity index (χ0n) is 7.66. The Hall–Kier alpha value is -1.31. The van der Waals surface area contributed by atoms with Crippen molar-refractivity contribution in [2.45, 2.75) is 12.4 Å². The Kier molecular flexibility index (Phi) is 3.37. The number of carbonyl (C=O) groups excluding carboxylic acids is 1. The quantitative estimate of drug-likeness (QED) is 0.581. The second kappa shape index (κ2) is 4.17. The molecule has 0 saturated carbocycles. The van der Waals surface area contributed by atoms with Gasteiger partial charge >= 0.3 is 12.4 Å². The van der Waals surface area contributed by atoms with Gasteiger partial charge in [-0.15, -0.1) is 0 Å². The van der Waals surface area contributed by atoms with Gasteiger partial charge in [0.05, 0.1) is 16.7 Å². The lowest BCUT2D eigenvalue weighted by atomic mass is 10.0. The van der Waals surface area contributed by atoms with Crippen molar-refractivity contribution in [2.75, 3.05) is 0 Å². The second-order valence-electron chi connectivity index (χ2n) is 2.88. The minimum Gasteiger partial charge on any atom is -0.276 e. The molecule has 0 fully saturated rings. The van der Waals surface area contributed by atoms with Crippen LogP contribution in [0.4, 0.5) is 26.3 Å². The molecule has 17 heavy (non-hydrogen) atoms. The lowest BCUT2D eigenvalue weighted by Crippen LogP contribution is -2.18. The third kappa shape index (κ3) is 2.87. The summed E-state index contributed by atoms with van der Waals surface area (Å²) in [5.41, 5.74) is -5.26. The molecule has 0 saturated heterocycles. The molecule has 0 aliphatic carbocycles. The molecule has 0 aliphatic rings. The van der Waals surface area contributed by atoms with E-state index in [2.05, 4.69) is 4.98 Å². The number of aromatic nitrogens is 1. The van der Waals surface area contributed by atoms with Crippen LogP contribution in [0.25, 0.3) is 0 Å². The maximum absolute atomic E-state index is 12.4. The van der Waals surface area contributed by atoms with Crippen LogP contribution in [0, 0.1) is 0 Å². The summed E-state index contributed by atoms with van der Waals surface area (Å²) >= 11 is 4.76. The highest BCUT2D eigenvalue weighted by molar-refractivity contribution is 6.68. The maximum Gasteiger partial charge on any atom is 0.418 e. The zero-order chi connectivity index (χ0) is 13.4. The van der Waals surface area contributed by atoms with E-state index >= 15 is 0 Å². The van der Waals surface area contributed by atoms with Crippen molar-refractivity contribution in [3.05, 3.63) is 29.1 Å². The molecule has 1 aromatic rings. The molecule has 0 spiro atoms. The molecule has 2 nitrogen and oxygen atoms in total. The van der Waals surface area contributed by atoms with Gasteiger partial charge in [0.25, 0.3) is 5.24 Å². The van der Waals surface area contributed by atoms with Gasteiger partial charge in [0.15, 0.2) is 0 Å². The molecule has 0 bridgehead atoms. The molecule has 0 atom stereocenters. The van der Waals surface area contributed by atoms with E-state index in [1.54, 1.807) is 0 Å². The fourth-order valence-electron chi connectivity index (χ4n) is 1.10. The Balaban J connectivity index is 3.61. The van der Waals surface area contributed by atoms with E-state index in [0.29, 0.717) is 0 Å². The number of hydrogen-bond donors (Lipinski definition) is 0. The molecule has 0 aliphatic heterocycles. The van der Waals surface area contributed by atoms with E-state index in [0.717, 1.165) is 0 Å². The number of hydrogen-bond acceptors (Lipinski definition) is 2. The largest absolute Gasteiger partial charge is 0.418 e. The minimum atomic E-state index is -5.14. The molecule has 0 amide bonds. The maximum atomic E-state index is 12.4. The van der Waals surface area contributed by atoms with Crippen LogP contribution in [0.5, 0.6) is 0 Å². The summed E-state index contributed by atoms with van der Waals surface area (Å²) in [6, 6.07) is 0. The number of pyridine rings is 1. The third-order valence-electron chi connectivity index (χ3n) is 1.75. The average Bonchev–Trinajstić information content (AvgIpc) is 2.13. The van der Waals surface area contributed by atoms with Gasteiger partial charge in [-0.2, -0.15) is 26.3 Å². The molecular formula is C8H2ClF6NO. The topological polar surface area (TPSA) is 30.0 Å². The van der Waals surface area contributed by atoms with Crippen molar-refractivity contribution in [3.63, 3.8) is 0 Å². The van der Waals surface area contributed by atoms with Crippen molar-refractivity contribution in [1.29, 1.82) is 0 Å². The fourth-order valence-corrected chi connectivity index (χ4v) is 1.31. The molecule has 0 N–H and O–H groups in total. The van der Waals surface area contributed by atoms with Gasteiger partial charge in [-0.25, -0.2) is 0 Å². The molecular weight excluding hydrogens is 276 g/mol. The lowest BCUT2D eigenvalue weighted by Gasteiger charge is -2.15. The van der Waals surface area contributed by atoms with Crippen LogP contribution in [0.1, 0.15) is 21.5 Å². The Bertz CT molecular complexity index is 420. The van der Waals surface area contributed by atoms with Gasteiger partial charge in [-0.1, -0.05) is 0 Å². The minimum absolute atomic E-state index is 0.116. The normalized spacial score (nSPS) is 12.6. The van der Waals surface area contributed by atoms with Gasteiger partial charge in [-0.3, -0.25) is 9.78 Å². The molecule has 1 heterocycles. The van der Waals surface area contributed by atoms with Crippen LogP contribution in [-0.2, 0) is 12.4 Å². The molecule has 0 unspecified atom stereocenters. The van der Waals surface area contributed by atoms with Crippen LogP contribution in [0.2, 0.25) is 0 Å². The SMILES string of the molecule is O=C(Cl)c1c(C(F)(F)F)cncc1C(F)(F)F. The number of alkyl halides is 6. The first-order chi connectivity index (χ1) is 7.55. The van der Waals surface area contributed by atoms with E-state index in [-0.39, 0.29) is 12.4 Å². The summed E-state index contributed by atoms with van der Waals surface area (Å²) in [7, 11) is 0. The van der Waals surface area contributed by atoms with Crippen molar-refractivity contribution >= 4 is 16.8 Å². The number of nitrogens with zero attached hydrogens (tertiary/aromatic N) is 1. The number of halogens is 7. The van der Waals surface area contributed by atoms with Gasteiger partial charge in [-0.05, 0) is 11.6 Å². The Morgan fingerprint density at radius 1 is 1.00 bits per heavy atom. The van der Waals surface area contributed by atoms with E-state index in [1.165, 1.54) is 0 Å². The number of carbonyl (C=O) groups is 1. The summed E-state index contributed by atoms with van der Waals surface area (Å²) in [6.45, 7) is 0. The highest BCUT2D eigenvalue weighted by Gasteiger charge is 2.43. The second-order valence-corrected chi connectivity index (χ2v) is 3.22. The first-order valence-corrected chi connectivity index (χ1v) is 4.25. The Morgan fingerprint density at radius 3 is 1.59 bits per heavy atom. The van der Waals surface area contributed by atoms with E-state index in [4.69, 9.17) is 11.6 Å². The first-order valence-electron chi connectivity index (χ1n) is 3.87. The highest BCUT2D eigenvalue weighted by Crippen LogP contribution is 2.39. The molecule has 0 aromatic carbocycles. The Morgan fingerprint density at radius 2 is 1.35 bits per heavy atom. The van der Waals surface area contributed by atoms with Crippen LogP contribution < -0.4 is 0 Å². The van der Waals surface area contributed by atoms with Gasteiger partial charge in [0.2, 0.25) is 0 Å². The summed E-state index contributed by atoms with van der Waals surface area (Å²) < 4.78 is 74.2. The predicted octanol–water partition coefficient (Wildman–Crippen LogP) is 3.50. The summed E-state index contributed by atoms with van der Waals surface area (Å²) in [4.78, 5) is 13.5. The van der Waals surface area contributed by atoms with Crippen molar-refractivity contribution in [3.8, 4) is 0 Å². The van der Waals surface area contributed by atoms with Crippen molar-refractivity contribution in [1.82, 2.24) is 4.98 Å². The highest BCUT2D eigenvalue weighted by atomic mass is 35.5. The van der Waals surface area contributed by atoms with Crippen LogP contribution in [-0.4, -0.2) is 10.2 Å². The van der Waals surface area contributed by atoms with E-state index in [1.807, 2.05) is 0 Å². The third-order valence-corrected chi connectivity index (χ3v) is 1.94. The molecule has 0 radical (unpaired) electrons. The fraction of sp³-hybridized carbons (Fsp3) is 0.250. The lowest BCUT2D eigenvalue weighted by molar-refractivity contribution is -0.144. The van der Waals surface area contributed by atoms with Gasteiger partial charge in [0.1, 0.15) is 0 Å². The predicted molar refractivity (Wildman–Crippen MR) is 44.4 cm³/mol. The van der Waals surface area contributed by atoms with Crippen molar-refractivity contribution < 1.29 is 31.1 Å². The summed E-state index contributed by atoms with van der Waals surface area (Å²) in [5.74, 6) is 0. The number of rotatable bonds is 1. The standard InChI is InChI=1S/C8H2ClF6NO/c9-6(17)5-3(7(10,11)12)1-16-2-4(5)8(13,14)15/h1-2H. The van der Waals surface area contributed by atoms with Crippen molar-refractivity contribution in [2.24, 2.45) is 0 Å². The zero-order valence-corrected chi connectivity index (χ0v) is 8.41. The van der Waals surface area contributed by atoms with Crippen LogP contribution in [0.3, 0.4) is 0 Å². The van der Waals surface area contributed by atoms with Gasteiger partial charge < -0.3 is 0 Å². The summed E-state index contributed by atoms with van der Waals surface area (Å²) in [6.07, 6.45) is -10.1. The Labute approximate surface area is 95.2 Å². The molecule has 1 rings (SSSR count). The first kappa shape index (κ1) is 13.8. The monoisotopic (exact) mass is 277 g/mol. The van der Waals surface area contributed by atoms with Crippen LogP contribution >= 0.6 is 11.6 Å². The molecule has 1 aromatic heterocycles. The average molecular weight is 278 g/mol. The van der Waals surface area contributed by atoms with Gasteiger partial charge in [0, 0.05) is 12.4 Å². The summed E-state index contributed by atoms with van der Waals surface area (Å²) in [5, 5.41) is -1.84.